The van der Waals surface area contributed by atoms with Gasteiger partial charge in [0.1, 0.15) is 5.54 Å². The molecule has 3 N–H and O–H groups in total. The van der Waals surface area contributed by atoms with E-state index in [2.05, 4.69) is 43.1 Å². The molecule has 0 aromatic carbocycles. The van der Waals surface area contributed by atoms with Gasteiger partial charge in [-0.3, -0.25) is 15.0 Å². The second-order valence-electron chi connectivity index (χ2n) is 7.20. The summed E-state index contributed by atoms with van der Waals surface area (Å²) in [4.78, 5) is 16.9. The minimum absolute atomic E-state index is 0.160. The van der Waals surface area contributed by atoms with Crippen LogP contribution in [0.3, 0.4) is 0 Å². The Bertz CT molecular complexity index is 365. The molecule has 0 radical (unpaired) electrons. The monoisotopic (exact) mass is 296 g/mol. The molecule has 5 nitrogen and oxygen atoms in total. The van der Waals surface area contributed by atoms with E-state index < -0.39 is 5.54 Å². The molecule has 5 heteroatoms. The van der Waals surface area contributed by atoms with Gasteiger partial charge in [-0.1, -0.05) is 6.92 Å². The van der Waals surface area contributed by atoms with E-state index in [-0.39, 0.29) is 5.91 Å². The van der Waals surface area contributed by atoms with Crippen molar-refractivity contribution in [1.82, 2.24) is 15.1 Å². The Hall–Kier alpha value is -0.650. The van der Waals surface area contributed by atoms with E-state index in [0.717, 1.165) is 32.5 Å². The summed E-state index contributed by atoms with van der Waals surface area (Å²) >= 11 is 0. The number of rotatable bonds is 10. The van der Waals surface area contributed by atoms with Crippen LogP contribution in [0.4, 0.5) is 0 Å². The van der Waals surface area contributed by atoms with Crippen molar-refractivity contribution in [2.24, 2.45) is 11.7 Å². The molecule has 0 heterocycles. The van der Waals surface area contributed by atoms with Gasteiger partial charge in [0, 0.05) is 25.2 Å². The third kappa shape index (κ3) is 4.18. The number of primary amides is 1. The summed E-state index contributed by atoms with van der Waals surface area (Å²) < 4.78 is 0. The summed E-state index contributed by atoms with van der Waals surface area (Å²) in [5, 5.41) is 3.61. The molecule has 2 atom stereocenters. The van der Waals surface area contributed by atoms with Crippen molar-refractivity contribution in [1.29, 1.82) is 0 Å². The lowest BCUT2D eigenvalue weighted by Gasteiger charge is -2.40. The first-order valence-electron chi connectivity index (χ1n) is 8.35. The molecule has 0 bridgehead atoms. The van der Waals surface area contributed by atoms with Crippen molar-refractivity contribution in [2.75, 3.05) is 33.7 Å². The fourth-order valence-corrected chi connectivity index (χ4v) is 3.35. The molecule has 2 fully saturated rings. The van der Waals surface area contributed by atoms with E-state index in [1.54, 1.807) is 0 Å². The molecule has 2 aliphatic carbocycles. The number of amides is 1. The Labute approximate surface area is 129 Å². The van der Waals surface area contributed by atoms with Crippen LogP contribution in [0.5, 0.6) is 0 Å². The number of hydrogen-bond donors (Lipinski definition) is 2. The summed E-state index contributed by atoms with van der Waals surface area (Å²) in [7, 11) is 4.18. The Morgan fingerprint density at radius 2 is 1.95 bits per heavy atom. The fraction of sp³-hybridized carbons (Fsp3) is 0.938. The van der Waals surface area contributed by atoms with Gasteiger partial charge in [-0.2, -0.15) is 0 Å². The maximum atomic E-state index is 12.3. The summed E-state index contributed by atoms with van der Waals surface area (Å²) in [6, 6.07) is 0.921. The van der Waals surface area contributed by atoms with Crippen LogP contribution >= 0.6 is 0 Å². The van der Waals surface area contributed by atoms with Gasteiger partial charge >= 0.3 is 0 Å². The van der Waals surface area contributed by atoms with Gasteiger partial charge in [-0.25, -0.2) is 0 Å². The first-order chi connectivity index (χ1) is 9.89. The molecule has 2 aliphatic rings. The largest absolute Gasteiger partial charge is 0.368 e. The number of carbonyl (C=O) groups excluding carboxylic acids is 1. The molecule has 0 spiro atoms. The number of likely N-dealkylation sites (N-methyl/N-ethyl adjacent to an activating group) is 2. The van der Waals surface area contributed by atoms with Gasteiger partial charge in [-0.05, 0) is 59.2 Å². The van der Waals surface area contributed by atoms with Crippen molar-refractivity contribution < 1.29 is 4.79 Å². The number of carbonyl (C=O) groups is 1. The second kappa shape index (κ2) is 6.63. The highest BCUT2D eigenvalue weighted by atomic mass is 16.1. The zero-order valence-corrected chi connectivity index (χ0v) is 14.1. The van der Waals surface area contributed by atoms with Crippen molar-refractivity contribution in [3.05, 3.63) is 0 Å². The maximum absolute atomic E-state index is 12.3. The number of hydrogen-bond acceptors (Lipinski definition) is 4. The standard InChI is InChI=1S/C16H32N4O/c1-5-20(12(2)10-19(3)4)11-16(15(17)21,13-6-7-13)18-14-8-9-14/h12-14,18H,5-11H2,1-4H3,(H2,17,21). The molecule has 1 amide bonds. The highest BCUT2D eigenvalue weighted by Crippen LogP contribution is 2.42. The molecule has 0 saturated heterocycles. The molecule has 0 aliphatic heterocycles. The molecule has 0 aromatic heterocycles. The molecule has 0 aromatic rings. The van der Waals surface area contributed by atoms with Crippen LogP contribution in [-0.2, 0) is 4.79 Å². The SMILES string of the molecule is CCN(CC(NC1CC1)(C(N)=O)C1CC1)C(C)CN(C)C. The third-order valence-electron chi connectivity index (χ3n) is 4.86. The highest BCUT2D eigenvalue weighted by molar-refractivity contribution is 5.86. The third-order valence-corrected chi connectivity index (χ3v) is 4.86. The lowest BCUT2D eigenvalue weighted by molar-refractivity contribution is -0.126. The van der Waals surface area contributed by atoms with E-state index >= 15 is 0 Å². The van der Waals surface area contributed by atoms with Crippen molar-refractivity contribution >= 4 is 5.91 Å². The highest BCUT2D eigenvalue weighted by Gasteiger charge is 2.52. The molecule has 2 saturated carbocycles. The normalized spacial score (nSPS) is 23.3. The van der Waals surface area contributed by atoms with Crippen LogP contribution in [0.25, 0.3) is 0 Å². The van der Waals surface area contributed by atoms with Crippen molar-refractivity contribution in [3.8, 4) is 0 Å². The predicted molar refractivity (Wildman–Crippen MR) is 86.1 cm³/mol. The van der Waals surface area contributed by atoms with E-state index in [9.17, 15) is 4.79 Å². The van der Waals surface area contributed by atoms with Crippen LogP contribution in [0.15, 0.2) is 0 Å². The van der Waals surface area contributed by atoms with Gasteiger partial charge in [0.2, 0.25) is 5.91 Å². The van der Waals surface area contributed by atoms with Gasteiger partial charge in [0.15, 0.2) is 0 Å². The van der Waals surface area contributed by atoms with Crippen molar-refractivity contribution in [3.63, 3.8) is 0 Å². The molecule has 21 heavy (non-hydrogen) atoms. The molecular weight excluding hydrogens is 264 g/mol. The van der Waals surface area contributed by atoms with Crippen molar-refractivity contribution in [2.45, 2.75) is 57.2 Å². The molecule has 2 rings (SSSR count). The number of nitrogens with two attached hydrogens (primary N) is 1. The zero-order chi connectivity index (χ0) is 15.6. The Morgan fingerprint density at radius 3 is 2.33 bits per heavy atom. The lowest BCUT2D eigenvalue weighted by Crippen LogP contribution is -2.65. The lowest BCUT2D eigenvalue weighted by atomic mass is 9.90. The van der Waals surface area contributed by atoms with Gasteiger partial charge in [0.25, 0.3) is 0 Å². The molecular formula is C16H32N4O. The maximum Gasteiger partial charge on any atom is 0.239 e. The minimum atomic E-state index is -0.516. The summed E-state index contributed by atoms with van der Waals surface area (Å²) in [6.07, 6.45) is 4.62. The predicted octanol–water partition coefficient (Wildman–Crippen LogP) is 0.645. The first kappa shape index (κ1) is 16.7. The second-order valence-corrected chi connectivity index (χ2v) is 7.20. The smallest absolute Gasteiger partial charge is 0.239 e. The summed E-state index contributed by atoms with van der Waals surface area (Å²) in [5.74, 6) is 0.267. The zero-order valence-electron chi connectivity index (χ0n) is 14.1. The van der Waals surface area contributed by atoms with E-state index in [0.29, 0.717) is 18.0 Å². The van der Waals surface area contributed by atoms with Gasteiger partial charge in [-0.15, -0.1) is 0 Å². The molecule has 2 unspecified atom stereocenters. The Kier molecular flexibility index (Phi) is 5.28. The minimum Gasteiger partial charge on any atom is -0.368 e. The van der Waals surface area contributed by atoms with Crippen LogP contribution in [0, 0.1) is 5.92 Å². The fourth-order valence-electron chi connectivity index (χ4n) is 3.35. The van der Waals surface area contributed by atoms with E-state index in [1.165, 1.54) is 12.8 Å². The average molecular weight is 296 g/mol. The Balaban J connectivity index is 2.09. The van der Waals surface area contributed by atoms with E-state index in [1.807, 2.05) is 0 Å². The number of nitrogens with one attached hydrogen (secondary N) is 1. The van der Waals surface area contributed by atoms with E-state index in [4.69, 9.17) is 5.73 Å². The van der Waals surface area contributed by atoms with Crippen LogP contribution in [-0.4, -0.2) is 67.1 Å². The van der Waals surface area contributed by atoms with Gasteiger partial charge < -0.3 is 10.6 Å². The van der Waals surface area contributed by atoms with Crippen LogP contribution in [0.2, 0.25) is 0 Å². The molecule has 122 valence electrons. The first-order valence-corrected chi connectivity index (χ1v) is 8.35. The average Bonchev–Trinajstić information content (AvgIpc) is 3.25. The Morgan fingerprint density at radius 1 is 1.33 bits per heavy atom. The summed E-state index contributed by atoms with van der Waals surface area (Å²) in [5.41, 5.74) is 5.34. The number of nitrogens with zero attached hydrogens (tertiary/aromatic N) is 2. The topological polar surface area (TPSA) is 61.6 Å². The quantitative estimate of drug-likeness (QED) is 0.621. The van der Waals surface area contributed by atoms with Gasteiger partial charge in [0.05, 0.1) is 0 Å². The van der Waals surface area contributed by atoms with Crippen LogP contribution < -0.4 is 11.1 Å². The van der Waals surface area contributed by atoms with Crippen LogP contribution in [0.1, 0.15) is 39.5 Å². The summed E-state index contributed by atoms with van der Waals surface area (Å²) in [6.45, 7) is 7.09.